The lowest BCUT2D eigenvalue weighted by molar-refractivity contribution is 0.628. The number of para-hydroxylation sites is 1. The van der Waals surface area contributed by atoms with Gasteiger partial charge in [-0.05, 0) is 36.4 Å². The van der Waals surface area contributed by atoms with Crippen LogP contribution in [0.1, 0.15) is 5.69 Å². The normalized spacial score (nSPS) is 11.0. The van der Waals surface area contributed by atoms with Crippen LogP contribution in [-0.4, -0.2) is 14.5 Å². The standard InChI is InChI=1S/C21H16FN3OS2/c1-2-11-25-20(26)17-5-3-4-6-18(17)24-21(25)28-13-16-12-27-19(23-16)14-7-9-15(22)10-8-14/h2-10,12H,1,11,13H2. The average Bonchev–Trinajstić information content (AvgIpc) is 3.18. The number of halogens is 1. The highest BCUT2D eigenvalue weighted by Gasteiger charge is 2.12. The number of allylic oxidation sites excluding steroid dienone is 1. The number of fused-ring (bicyclic) bond motifs is 1. The smallest absolute Gasteiger partial charge is 0.262 e. The van der Waals surface area contributed by atoms with Gasteiger partial charge < -0.3 is 0 Å². The fraction of sp³-hybridized carbons (Fsp3) is 0.0952. The summed E-state index contributed by atoms with van der Waals surface area (Å²) in [4.78, 5) is 22.1. The van der Waals surface area contributed by atoms with E-state index in [9.17, 15) is 9.18 Å². The zero-order valence-electron chi connectivity index (χ0n) is 14.8. The zero-order valence-corrected chi connectivity index (χ0v) is 16.5. The molecule has 0 aliphatic carbocycles. The van der Waals surface area contributed by atoms with Gasteiger partial charge in [-0.2, -0.15) is 0 Å². The molecule has 4 aromatic rings. The lowest BCUT2D eigenvalue weighted by atomic mass is 10.2. The maximum absolute atomic E-state index is 13.1. The molecule has 2 aromatic carbocycles. The minimum Gasteiger partial charge on any atom is -0.283 e. The molecule has 0 aliphatic heterocycles. The van der Waals surface area contributed by atoms with Crippen LogP contribution < -0.4 is 5.56 Å². The Kier molecular flexibility index (Phi) is 5.36. The van der Waals surface area contributed by atoms with Gasteiger partial charge in [0.05, 0.1) is 16.6 Å². The summed E-state index contributed by atoms with van der Waals surface area (Å²) in [6, 6.07) is 13.6. The van der Waals surface area contributed by atoms with Crippen LogP contribution in [0.4, 0.5) is 4.39 Å². The second-order valence-corrected chi connectivity index (χ2v) is 7.86. The van der Waals surface area contributed by atoms with Crippen molar-refractivity contribution in [2.75, 3.05) is 0 Å². The molecule has 0 fully saturated rings. The van der Waals surface area contributed by atoms with Gasteiger partial charge in [-0.25, -0.2) is 14.4 Å². The van der Waals surface area contributed by atoms with Crippen molar-refractivity contribution in [2.45, 2.75) is 17.5 Å². The van der Waals surface area contributed by atoms with Gasteiger partial charge in [-0.1, -0.05) is 30.0 Å². The molecule has 28 heavy (non-hydrogen) atoms. The van der Waals surface area contributed by atoms with Crippen molar-refractivity contribution in [1.82, 2.24) is 14.5 Å². The third-order valence-electron chi connectivity index (χ3n) is 4.13. The molecule has 2 heterocycles. The molecular formula is C21H16FN3OS2. The molecule has 0 amide bonds. The molecule has 0 bridgehead atoms. The van der Waals surface area contributed by atoms with Crippen LogP contribution in [0.5, 0.6) is 0 Å². The summed E-state index contributed by atoms with van der Waals surface area (Å²) >= 11 is 2.98. The van der Waals surface area contributed by atoms with Gasteiger partial charge in [0.1, 0.15) is 10.8 Å². The number of nitrogens with zero attached hydrogens (tertiary/aromatic N) is 3. The van der Waals surface area contributed by atoms with E-state index in [2.05, 4.69) is 16.5 Å². The van der Waals surface area contributed by atoms with Gasteiger partial charge in [-0.3, -0.25) is 9.36 Å². The number of benzene rings is 2. The van der Waals surface area contributed by atoms with Crippen molar-refractivity contribution in [3.8, 4) is 10.6 Å². The molecule has 4 nitrogen and oxygen atoms in total. The van der Waals surface area contributed by atoms with Crippen molar-refractivity contribution >= 4 is 34.0 Å². The van der Waals surface area contributed by atoms with E-state index in [0.717, 1.165) is 16.3 Å². The predicted octanol–water partition coefficient (Wildman–Crippen LogP) is 5.14. The van der Waals surface area contributed by atoms with E-state index in [-0.39, 0.29) is 11.4 Å². The van der Waals surface area contributed by atoms with E-state index in [1.165, 1.54) is 35.2 Å². The Morgan fingerprint density at radius 2 is 1.93 bits per heavy atom. The van der Waals surface area contributed by atoms with Crippen molar-refractivity contribution in [3.63, 3.8) is 0 Å². The van der Waals surface area contributed by atoms with Gasteiger partial charge in [0, 0.05) is 23.2 Å². The van der Waals surface area contributed by atoms with Crippen LogP contribution in [-0.2, 0) is 12.3 Å². The Balaban J connectivity index is 1.60. The molecule has 7 heteroatoms. The first kappa shape index (κ1) is 18.6. The van der Waals surface area contributed by atoms with Gasteiger partial charge in [0.25, 0.3) is 5.56 Å². The van der Waals surface area contributed by atoms with E-state index in [4.69, 9.17) is 0 Å². The van der Waals surface area contributed by atoms with Crippen molar-refractivity contribution in [1.29, 1.82) is 0 Å². The fourth-order valence-corrected chi connectivity index (χ4v) is 4.62. The number of hydrogen-bond donors (Lipinski definition) is 0. The summed E-state index contributed by atoms with van der Waals surface area (Å²) < 4.78 is 14.7. The molecule has 0 N–H and O–H groups in total. The second-order valence-electron chi connectivity index (χ2n) is 6.06. The summed E-state index contributed by atoms with van der Waals surface area (Å²) in [6.07, 6.45) is 1.69. The first-order valence-corrected chi connectivity index (χ1v) is 10.5. The van der Waals surface area contributed by atoms with Crippen molar-refractivity contribution in [2.24, 2.45) is 0 Å². The Morgan fingerprint density at radius 1 is 1.14 bits per heavy atom. The highest BCUT2D eigenvalue weighted by atomic mass is 32.2. The first-order valence-electron chi connectivity index (χ1n) is 8.59. The molecule has 140 valence electrons. The maximum atomic E-state index is 13.1. The number of aromatic nitrogens is 3. The van der Waals surface area contributed by atoms with Crippen molar-refractivity contribution in [3.05, 3.63) is 88.4 Å². The molecule has 0 radical (unpaired) electrons. The topological polar surface area (TPSA) is 47.8 Å². The molecular weight excluding hydrogens is 393 g/mol. The van der Waals surface area contributed by atoms with Crippen LogP contribution in [0, 0.1) is 5.82 Å². The van der Waals surface area contributed by atoms with Gasteiger partial charge in [0.15, 0.2) is 5.16 Å². The van der Waals surface area contributed by atoms with Crippen LogP contribution in [0.3, 0.4) is 0 Å². The van der Waals surface area contributed by atoms with E-state index < -0.39 is 0 Å². The summed E-state index contributed by atoms with van der Waals surface area (Å²) in [5.74, 6) is 0.318. The minimum atomic E-state index is -0.265. The average molecular weight is 410 g/mol. The Morgan fingerprint density at radius 3 is 2.71 bits per heavy atom. The summed E-state index contributed by atoms with van der Waals surface area (Å²) in [5.41, 5.74) is 2.39. The molecule has 0 saturated carbocycles. The van der Waals surface area contributed by atoms with Crippen LogP contribution in [0.25, 0.3) is 21.5 Å². The lowest BCUT2D eigenvalue weighted by Crippen LogP contribution is -2.22. The monoisotopic (exact) mass is 409 g/mol. The molecule has 0 aliphatic rings. The first-order chi connectivity index (χ1) is 13.7. The second kappa shape index (κ2) is 8.08. The highest BCUT2D eigenvalue weighted by Crippen LogP contribution is 2.27. The maximum Gasteiger partial charge on any atom is 0.262 e. The van der Waals surface area contributed by atoms with Gasteiger partial charge in [-0.15, -0.1) is 17.9 Å². The Labute approximate surface area is 169 Å². The fourth-order valence-electron chi connectivity index (χ4n) is 2.78. The number of thiazole rings is 1. The Bertz CT molecular complexity index is 1200. The molecule has 0 unspecified atom stereocenters. The quantitative estimate of drug-likeness (QED) is 0.251. The van der Waals surface area contributed by atoms with E-state index in [0.29, 0.717) is 28.4 Å². The third kappa shape index (κ3) is 3.76. The van der Waals surface area contributed by atoms with Gasteiger partial charge >= 0.3 is 0 Å². The predicted molar refractivity (Wildman–Crippen MR) is 113 cm³/mol. The Hall–Kier alpha value is -2.77. The van der Waals surface area contributed by atoms with Gasteiger partial charge in [0.2, 0.25) is 0 Å². The molecule has 2 aromatic heterocycles. The SMILES string of the molecule is C=CCn1c(SCc2csc(-c3ccc(F)cc3)n2)nc2ccccc2c1=O. The van der Waals surface area contributed by atoms with Crippen molar-refractivity contribution < 1.29 is 4.39 Å². The molecule has 0 saturated heterocycles. The summed E-state index contributed by atoms with van der Waals surface area (Å²) in [6.45, 7) is 4.15. The number of rotatable bonds is 6. The number of thioether (sulfide) groups is 1. The van der Waals surface area contributed by atoms with E-state index in [1.807, 2.05) is 23.6 Å². The summed E-state index contributed by atoms with van der Waals surface area (Å²) in [5, 5.41) is 4.05. The largest absolute Gasteiger partial charge is 0.283 e. The molecule has 4 rings (SSSR count). The minimum absolute atomic E-state index is 0.0710. The molecule has 0 atom stereocenters. The highest BCUT2D eigenvalue weighted by molar-refractivity contribution is 7.98. The number of hydrogen-bond acceptors (Lipinski definition) is 5. The molecule has 0 spiro atoms. The third-order valence-corrected chi connectivity index (χ3v) is 6.08. The van der Waals surface area contributed by atoms with Crippen LogP contribution in [0.2, 0.25) is 0 Å². The lowest BCUT2D eigenvalue weighted by Gasteiger charge is -2.10. The zero-order chi connectivity index (χ0) is 19.5. The van der Waals surface area contributed by atoms with E-state index >= 15 is 0 Å². The van der Waals surface area contributed by atoms with Crippen LogP contribution >= 0.6 is 23.1 Å². The van der Waals surface area contributed by atoms with E-state index in [1.54, 1.807) is 28.8 Å². The van der Waals surface area contributed by atoms with Crippen LogP contribution in [0.15, 0.2) is 76.5 Å². The summed E-state index contributed by atoms with van der Waals surface area (Å²) in [7, 11) is 0.